The molecule has 3 aromatic heterocycles. The smallest absolute Gasteiger partial charge is 0.0711 e. The van der Waals surface area contributed by atoms with Crippen molar-refractivity contribution in [3.8, 4) is 22.5 Å². The third-order valence-corrected chi connectivity index (χ3v) is 7.89. The number of rotatable bonds is 5. The fraction of sp³-hybridized carbons (Fsp3) is 0.250. The number of pyridine rings is 3. The first-order chi connectivity index (χ1) is 18.8. The van der Waals surface area contributed by atoms with E-state index in [-0.39, 0.29) is 0 Å². The molecule has 0 saturated heterocycles. The largest absolute Gasteiger partial charge is 0.256 e. The van der Waals surface area contributed by atoms with Gasteiger partial charge in [-0.15, -0.1) is 0 Å². The van der Waals surface area contributed by atoms with Crippen LogP contribution in [0.3, 0.4) is 0 Å². The molecule has 0 N–H and O–H groups in total. The van der Waals surface area contributed by atoms with Gasteiger partial charge in [0.2, 0.25) is 0 Å². The molecule has 3 nitrogen and oxygen atoms in total. The second-order valence-corrected chi connectivity index (χ2v) is 11.6. The highest BCUT2D eigenvalue weighted by atomic mass is 14.7. The van der Waals surface area contributed by atoms with Crippen LogP contribution in [-0.2, 0) is 0 Å². The van der Waals surface area contributed by atoms with Crippen molar-refractivity contribution in [2.45, 2.75) is 59.3 Å². The molecule has 0 spiro atoms. The molecule has 3 heteroatoms. The summed E-state index contributed by atoms with van der Waals surface area (Å²) in [6.07, 6.45) is 5.94. The second-order valence-electron chi connectivity index (χ2n) is 11.6. The summed E-state index contributed by atoms with van der Waals surface area (Å²) in [4.78, 5) is 14.5. The molecule has 0 aliphatic heterocycles. The molecule has 0 aliphatic rings. The van der Waals surface area contributed by atoms with E-state index in [1.165, 1.54) is 43.8 Å². The first-order valence-electron chi connectivity index (χ1n) is 14.0. The van der Waals surface area contributed by atoms with E-state index < -0.39 is 0 Å². The molecule has 0 saturated carbocycles. The van der Waals surface area contributed by atoms with Gasteiger partial charge < -0.3 is 0 Å². The Morgan fingerprint density at radius 1 is 0.538 bits per heavy atom. The minimum atomic E-state index is 0.354. The van der Waals surface area contributed by atoms with Gasteiger partial charge in [0.1, 0.15) is 0 Å². The number of aromatic nitrogens is 3. The Balaban J connectivity index is 1.51. The number of nitrogens with zero attached hydrogens (tertiary/aromatic N) is 3. The van der Waals surface area contributed by atoms with Crippen LogP contribution >= 0.6 is 0 Å². The number of benzene rings is 3. The van der Waals surface area contributed by atoms with Gasteiger partial charge in [-0.2, -0.15) is 0 Å². The van der Waals surface area contributed by atoms with E-state index in [9.17, 15) is 0 Å². The van der Waals surface area contributed by atoms with E-state index in [0.29, 0.717) is 17.8 Å². The summed E-state index contributed by atoms with van der Waals surface area (Å²) in [6, 6.07) is 24.1. The molecule has 6 rings (SSSR count). The normalized spacial score (nSPS) is 12.0. The molecule has 194 valence electrons. The van der Waals surface area contributed by atoms with E-state index in [1.807, 2.05) is 24.7 Å². The molecule has 0 radical (unpaired) electrons. The zero-order chi connectivity index (χ0) is 27.3. The van der Waals surface area contributed by atoms with Gasteiger partial charge in [0.05, 0.1) is 16.9 Å². The molecule has 3 aromatic carbocycles. The molecule has 0 amide bonds. The molecule has 6 aromatic rings. The summed E-state index contributed by atoms with van der Waals surface area (Å²) in [7, 11) is 0. The van der Waals surface area contributed by atoms with Gasteiger partial charge in [0.25, 0.3) is 0 Å². The Morgan fingerprint density at radius 3 is 2.10 bits per heavy atom. The lowest BCUT2D eigenvalue weighted by Gasteiger charge is -2.18. The van der Waals surface area contributed by atoms with Gasteiger partial charge in [-0.1, -0.05) is 71.9 Å². The lowest BCUT2D eigenvalue weighted by Crippen LogP contribution is -1.98. The summed E-state index contributed by atoms with van der Waals surface area (Å²) in [6.45, 7) is 13.5. The fourth-order valence-corrected chi connectivity index (χ4v) is 5.94. The predicted octanol–water partition coefficient (Wildman–Crippen LogP) is 10.0. The van der Waals surface area contributed by atoms with Crippen LogP contribution in [0.5, 0.6) is 0 Å². The minimum absolute atomic E-state index is 0.354. The Hall–Kier alpha value is -4.11. The third kappa shape index (κ3) is 4.46. The van der Waals surface area contributed by atoms with E-state index in [0.717, 1.165) is 27.9 Å². The maximum absolute atomic E-state index is 5.00. The van der Waals surface area contributed by atoms with Crippen LogP contribution in [0.2, 0.25) is 0 Å². The zero-order valence-electron chi connectivity index (χ0n) is 23.7. The SMILES string of the molecule is CC(C)c1cccc2cc(-c3cc(C(C)C)c4cc(-c5ccc6ncccc6c5C(C)C)ncc4c3)ncc12. The van der Waals surface area contributed by atoms with E-state index in [1.54, 1.807) is 0 Å². The average molecular weight is 510 g/mol. The van der Waals surface area contributed by atoms with Gasteiger partial charge in [0, 0.05) is 45.9 Å². The van der Waals surface area contributed by atoms with Crippen LogP contribution in [-0.4, -0.2) is 15.0 Å². The van der Waals surface area contributed by atoms with Crippen molar-refractivity contribution in [2.75, 3.05) is 0 Å². The Bertz CT molecular complexity index is 1850. The summed E-state index contributed by atoms with van der Waals surface area (Å²) >= 11 is 0. The lowest BCUT2D eigenvalue weighted by molar-refractivity contribution is 0.874. The Morgan fingerprint density at radius 2 is 1.33 bits per heavy atom. The lowest BCUT2D eigenvalue weighted by atomic mass is 9.89. The van der Waals surface area contributed by atoms with Crippen molar-refractivity contribution in [2.24, 2.45) is 0 Å². The number of fused-ring (bicyclic) bond motifs is 3. The van der Waals surface area contributed by atoms with Gasteiger partial charge in [0.15, 0.2) is 0 Å². The molecule has 0 atom stereocenters. The van der Waals surface area contributed by atoms with Crippen molar-refractivity contribution in [3.05, 3.63) is 102 Å². The second kappa shape index (κ2) is 9.89. The fourth-order valence-electron chi connectivity index (χ4n) is 5.94. The minimum Gasteiger partial charge on any atom is -0.256 e. The van der Waals surface area contributed by atoms with Crippen molar-refractivity contribution in [1.29, 1.82) is 0 Å². The van der Waals surface area contributed by atoms with Crippen LogP contribution in [0.1, 0.15) is 76.0 Å². The van der Waals surface area contributed by atoms with Gasteiger partial charge in [-0.25, -0.2) is 0 Å². The van der Waals surface area contributed by atoms with E-state index in [4.69, 9.17) is 9.97 Å². The van der Waals surface area contributed by atoms with Crippen molar-refractivity contribution < 1.29 is 0 Å². The van der Waals surface area contributed by atoms with Gasteiger partial charge in [-0.3, -0.25) is 15.0 Å². The van der Waals surface area contributed by atoms with Crippen LogP contribution in [0, 0.1) is 0 Å². The van der Waals surface area contributed by atoms with Gasteiger partial charge >= 0.3 is 0 Å². The van der Waals surface area contributed by atoms with Crippen molar-refractivity contribution >= 4 is 32.4 Å². The summed E-state index contributed by atoms with van der Waals surface area (Å²) in [5.74, 6) is 1.18. The first-order valence-corrected chi connectivity index (χ1v) is 14.0. The van der Waals surface area contributed by atoms with Crippen molar-refractivity contribution in [1.82, 2.24) is 15.0 Å². The molecule has 0 fully saturated rings. The topological polar surface area (TPSA) is 38.7 Å². The number of hydrogen-bond donors (Lipinski definition) is 0. The van der Waals surface area contributed by atoms with Gasteiger partial charge in [-0.05, 0) is 81.6 Å². The quantitative estimate of drug-likeness (QED) is 0.232. The summed E-state index contributed by atoms with van der Waals surface area (Å²) in [5, 5.41) is 6.07. The molecule has 0 unspecified atom stereocenters. The molecule has 0 bridgehead atoms. The van der Waals surface area contributed by atoms with Crippen LogP contribution in [0.25, 0.3) is 55.0 Å². The Kier molecular flexibility index (Phi) is 6.38. The zero-order valence-corrected chi connectivity index (χ0v) is 23.7. The monoisotopic (exact) mass is 509 g/mol. The summed E-state index contributed by atoms with van der Waals surface area (Å²) < 4.78 is 0. The maximum Gasteiger partial charge on any atom is 0.0711 e. The molecule has 39 heavy (non-hydrogen) atoms. The highest BCUT2D eigenvalue weighted by Gasteiger charge is 2.17. The summed E-state index contributed by atoms with van der Waals surface area (Å²) in [5.41, 5.74) is 9.32. The molecular formula is C36H35N3. The predicted molar refractivity (Wildman–Crippen MR) is 165 cm³/mol. The highest BCUT2D eigenvalue weighted by Crippen LogP contribution is 2.38. The first kappa shape index (κ1) is 25.2. The molecular weight excluding hydrogens is 474 g/mol. The maximum atomic E-state index is 5.00. The number of hydrogen-bond acceptors (Lipinski definition) is 3. The van der Waals surface area contributed by atoms with Crippen LogP contribution in [0.15, 0.2) is 85.3 Å². The average Bonchev–Trinajstić information content (AvgIpc) is 2.94. The molecule has 0 aliphatic carbocycles. The van der Waals surface area contributed by atoms with E-state index in [2.05, 4.69) is 107 Å². The third-order valence-electron chi connectivity index (χ3n) is 7.89. The van der Waals surface area contributed by atoms with E-state index >= 15 is 0 Å². The highest BCUT2D eigenvalue weighted by molar-refractivity contribution is 5.96. The Labute approximate surface area is 231 Å². The van der Waals surface area contributed by atoms with Crippen LogP contribution in [0.4, 0.5) is 0 Å². The standard InChI is InChI=1S/C36H35N3/c1-21(2)27-10-7-9-24-17-34(39-20-32(24)27)25-15-26-19-38-35(18-31(26)30(16-25)22(3)4)29-12-13-33-28(11-8-14-37-33)36(29)23(5)6/h7-23H,1-6H3. The molecule has 3 heterocycles. The van der Waals surface area contributed by atoms with Crippen molar-refractivity contribution in [3.63, 3.8) is 0 Å². The van der Waals surface area contributed by atoms with Crippen LogP contribution < -0.4 is 0 Å².